The number of aromatic nitrogens is 4. The Morgan fingerprint density at radius 2 is 1.71 bits per heavy atom. The van der Waals surface area contributed by atoms with Crippen molar-refractivity contribution < 1.29 is 0 Å². The standard InChI is InChI=1S/C26H27ClN6O2/c1-30-23-22(24(34)29-26(30)35)33(18-20-9-11-21(27)12-10-20)25(28-23)32-16-14-31(15-17-32)13-5-8-19-6-3-2-4-7-19/h2-12H,13-18H2,1H3,(H,29,34,35)/b8-5-. The highest BCUT2D eigenvalue weighted by Gasteiger charge is 2.24. The number of aromatic amines is 1. The van der Waals surface area contributed by atoms with Crippen LogP contribution in [0.25, 0.3) is 17.2 Å². The average molecular weight is 491 g/mol. The van der Waals surface area contributed by atoms with Gasteiger partial charge in [-0.3, -0.25) is 23.8 Å². The number of fused-ring (bicyclic) bond motifs is 1. The molecule has 0 unspecified atom stereocenters. The van der Waals surface area contributed by atoms with Gasteiger partial charge in [-0.05, 0) is 23.3 Å². The van der Waals surface area contributed by atoms with E-state index in [0.29, 0.717) is 28.7 Å². The Labute approximate surface area is 207 Å². The Kier molecular flexibility index (Phi) is 6.57. The Morgan fingerprint density at radius 3 is 2.43 bits per heavy atom. The van der Waals surface area contributed by atoms with E-state index in [1.54, 1.807) is 7.05 Å². The lowest BCUT2D eigenvalue weighted by Crippen LogP contribution is -2.47. The van der Waals surface area contributed by atoms with Crippen LogP contribution in [0.5, 0.6) is 0 Å². The van der Waals surface area contributed by atoms with Gasteiger partial charge in [-0.25, -0.2) is 4.79 Å². The molecule has 0 spiro atoms. The van der Waals surface area contributed by atoms with E-state index in [0.717, 1.165) is 38.3 Å². The summed E-state index contributed by atoms with van der Waals surface area (Å²) in [6.45, 7) is 4.61. The summed E-state index contributed by atoms with van der Waals surface area (Å²) in [5.41, 5.74) is 2.06. The first-order chi connectivity index (χ1) is 17.0. The predicted molar refractivity (Wildman–Crippen MR) is 140 cm³/mol. The molecule has 1 fully saturated rings. The fourth-order valence-electron chi connectivity index (χ4n) is 4.42. The number of nitrogens with zero attached hydrogens (tertiary/aromatic N) is 5. The maximum Gasteiger partial charge on any atom is 0.329 e. The van der Waals surface area contributed by atoms with Crippen molar-refractivity contribution in [3.63, 3.8) is 0 Å². The van der Waals surface area contributed by atoms with Gasteiger partial charge in [0.1, 0.15) is 0 Å². The molecule has 8 nitrogen and oxygen atoms in total. The molecule has 0 bridgehead atoms. The molecule has 0 atom stereocenters. The lowest BCUT2D eigenvalue weighted by molar-refractivity contribution is 0.282. The summed E-state index contributed by atoms with van der Waals surface area (Å²) in [7, 11) is 1.63. The lowest BCUT2D eigenvalue weighted by atomic mass is 10.2. The molecule has 2 aromatic carbocycles. The number of hydrogen-bond acceptors (Lipinski definition) is 5. The second-order valence-corrected chi connectivity index (χ2v) is 9.15. The molecule has 0 saturated carbocycles. The number of anilines is 1. The van der Waals surface area contributed by atoms with Gasteiger partial charge in [0.25, 0.3) is 5.56 Å². The van der Waals surface area contributed by atoms with Crippen molar-refractivity contribution >= 4 is 34.8 Å². The van der Waals surface area contributed by atoms with E-state index in [-0.39, 0.29) is 0 Å². The summed E-state index contributed by atoms with van der Waals surface area (Å²) in [5, 5.41) is 0.655. The number of benzene rings is 2. The minimum atomic E-state index is -0.472. The van der Waals surface area contributed by atoms with Gasteiger partial charge in [0.2, 0.25) is 5.95 Å². The number of nitrogens with one attached hydrogen (secondary N) is 1. The highest BCUT2D eigenvalue weighted by molar-refractivity contribution is 6.30. The first-order valence-electron chi connectivity index (χ1n) is 11.6. The highest BCUT2D eigenvalue weighted by atomic mass is 35.5. The average Bonchev–Trinajstić information content (AvgIpc) is 3.25. The smallest absolute Gasteiger partial charge is 0.329 e. The van der Waals surface area contributed by atoms with E-state index in [9.17, 15) is 9.59 Å². The molecule has 0 radical (unpaired) electrons. The monoisotopic (exact) mass is 490 g/mol. The van der Waals surface area contributed by atoms with Crippen LogP contribution in [-0.2, 0) is 13.6 Å². The van der Waals surface area contributed by atoms with Crippen LogP contribution in [0.1, 0.15) is 11.1 Å². The Balaban J connectivity index is 1.39. The van der Waals surface area contributed by atoms with Crippen LogP contribution < -0.4 is 16.1 Å². The van der Waals surface area contributed by atoms with Crippen LogP contribution in [0.2, 0.25) is 5.02 Å². The van der Waals surface area contributed by atoms with Crippen LogP contribution in [0.15, 0.2) is 70.3 Å². The summed E-state index contributed by atoms with van der Waals surface area (Å²) in [6.07, 6.45) is 4.33. The topological polar surface area (TPSA) is 79.2 Å². The predicted octanol–water partition coefficient (Wildman–Crippen LogP) is 2.96. The number of imidazole rings is 1. The first kappa shape index (κ1) is 23.1. The number of piperazine rings is 1. The molecule has 3 heterocycles. The molecule has 2 aromatic heterocycles. The molecule has 180 valence electrons. The molecule has 1 N–H and O–H groups in total. The molecule has 1 saturated heterocycles. The van der Waals surface area contributed by atoms with Crippen molar-refractivity contribution in [3.8, 4) is 0 Å². The van der Waals surface area contributed by atoms with Gasteiger partial charge in [0.05, 0.1) is 6.54 Å². The third-order valence-electron chi connectivity index (χ3n) is 6.37. The second kappa shape index (κ2) is 9.93. The summed E-state index contributed by atoms with van der Waals surface area (Å²) in [6, 6.07) is 17.8. The fraction of sp³-hybridized carbons (Fsp3) is 0.269. The van der Waals surface area contributed by atoms with E-state index in [1.165, 1.54) is 10.1 Å². The number of aryl methyl sites for hydroxylation is 1. The molecule has 5 rings (SSSR count). The summed E-state index contributed by atoms with van der Waals surface area (Å²) in [5.74, 6) is 0.695. The van der Waals surface area contributed by atoms with E-state index in [2.05, 4.69) is 39.1 Å². The highest BCUT2D eigenvalue weighted by Crippen LogP contribution is 2.23. The molecule has 9 heteroatoms. The third kappa shape index (κ3) is 4.94. The molecule has 1 aliphatic heterocycles. The summed E-state index contributed by atoms with van der Waals surface area (Å²) < 4.78 is 3.30. The number of halogens is 1. The zero-order chi connectivity index (χ0) is 24.4. The van der Waals surface area contributed by atoms with Gasteiger partial charge in [0, 0.05) is 44.8 Å². The quantitative estimate of drug-likeness (QED) is 0.449. The SMILES string of the molecule is Cn1c(=O)[nH]c(=O)c2c1nc(N1CCN(C/C=C\c3ccccc3)CC1)n2Cc1ccc(Cl)cc1. The van der Waals surface area contributed by atoms with Crippen molar-refractivity contribution in [2.45, 2.75) is 6.54 Å². The van der Waals surface area contributed by atoms with E-state index in [4.69, 9.17) is 16.6 Å². The van der Waals surface area contributed by atoms with Gasteiger partial charge in [-0.2, -0.15) is 4.98 Å². The zero-order valence-corrected chi connectivity index (χ0v) is 20.3. The fourth-order valence-corrected chi connectivity index (χ4v) is 4.55. The van der Waals surface area contributed by atoms with Gasteiger partial charge in [-0.1, -0.05) is 66.2 Å². The van der Waals surface area contributed by atoms with Crippen molar-refractivity contribution in [1.29, 1.82) is 0 Å². The van der Waals surface area contributed by atoms with Gasteiger partial charge >= 0.3 is 5.69 Å². The van der Waals surface area contributed by atoms with Crippen molar-refractivity contribution in [3.05, 3.63) is 97.7 Å². The van der Waals surface area contributed by atoms with Crippen LogP contribution in [-0.4, -0.2) is 56.7 Å². The lowest BCUT2D eigenvalue weighted by Gasteiger charge is -2.35. The Bertz CT molecular complexity index is 1460. The molecular weight excluding hydrogens is 464 g/mol. The Hall–Kier alpha value is -3.62. The normalized spacial score (nSPS) is 14.9. The third-order valence-corrected chi connectivity index (χ3v) is 6.62. The van der Waals surface area contributed by atoms with Gasteiger partial charge in [-0.15, -0.1) is 0 Å². The summed E-state index contributed by atoms with van der Waals surface area (Å²) in [4.78, 5) is 36.8. The second-order valence-electron chi connectivity index (χ2n) is 8.72. The van der Waals surface area contributed by atoms with Crippen molar-refractivity contribution in [2.24, 2.45) is 7.05 Å². The maximum atomic E-state index is 12.8. The minimum absolute atomic E-state index is 0.385. The van der Waals surface area contributed by atoms with Crippen molar-refractivity contribution in [1.82, 2.24) is 24.0 Å². The Morgan fingerprint density at radius 1 is 1.00 bits per heavy atom. The van der Waals surface area contributed by atoms with Crippen LogP contribution in [0.3, 0.4) is 0 Å². The molecular formula is C26H27ClN6O2. The van der Waals surface area contributed by atoms with Gasteiger partial charge < -0.3 is 4.90 Å². The first-order valence-corrected chi connectivity index (χ1v) is 12.0. The number of rotatable bonds is 6. The van der Waals surface area contributed by atoms with Gasteiger partial charge in [0.15, 0.2) is 11.2 Å². The van der Waals surface area contributed by atoms with E-state index < -0.39 is 11.2 Å². The molecule has 0 aliphatic carbocycles. The van der Waals surface area contributed by atoms with Crippen molar-refractivity contribution in [2.75, 3.05) is 37.6 Å². The van der Waals surface area contributed by atoms with Crippen LogP contribution in [0, 0.1) is 0 Å². The molecule has 4 aromatic rings. The number of hydrogen-bond donors (Lipinski definition) is 1. The number of H-pyrrole nitrogens is 1. The zero-order valence-electron chi connectivity index (χ0n) is 19.5. The summed E-state index contributed by atoms with van der Waals surface area (Å²) >= 11 is 6.06. The van der Waals surface area contributed by atoms with Crippen LogP contribution in [0.4, 0.5) is 5.95 Å². The minimum Gasteiger partial charge on any atom is -0.340 e. The molecule has 1 aliphatic rings. The molecule has 0 amide bonds. The van der Waals surface area contributed by atoms with E-state index in [1.807, 2.05) is 47.0 Å². The largest absolute Gasteiger partial charge is 0.340 e. The van der Waals surface area contributed by atoms with Crippen LogP contribution >= 0.6 is 11.6 Å². The molecule has 35 heavy (non-hydrogen) atoms. The van der Waals surface area contributed by atoms with E-state index >= 15 is 0 Å². The maximum absolute atomic E-state index is 12.8.